The van der Waals surface area contributed by atoms with E-state index in [-0.39, 0.29) is 5.97 Å². The minimum Gasteiger partial charge on any atom is -0.462 e. The summed E-state index contributed by atoms with van der Waals surface area (Å²) in [4.78, 5) is 17.5. The molecule has 0 amide bonds. The number of nitrogens with two attached hydrogens (primary N) is 1. The Balaban J connectivity index is 2.71. The van der Waals surface area contributed by atoms with Crippen LogP contribution in [0.15, 0.2) is 0 Å². The van der Waals surface area contributed by atoms with E-state index in [4.69, 9.17) is 10.5 Å². The van der Waals surface area contributed by atoms with Crippen molar-refractivity contribution in [1.29, 1.82) is 0 Å². The van der Waals surface area contributed by atoms with Crippen LogP contribution < -0.4 is 5.73 Å². The van der Waals surface area contributed by atoms with Gasteiger partial charge in [-0.1, -0.05) is 0 Å². The van der Waals surface area contributed by atoms with E-state index >= 15 is 0 Å². The molecule has 0 saturated heterocycles. The van der Waals surface area contributed by atoms with E-state index in [1.165, 1.54) is 11.3 Å². The van der Waals surface area contributed by atoms with Gasteiger partial charge in [-0.05, 0) is 38.8 Å². The van der Waals surface area contributed by atoms with Gasteiger partial charge in [-0.3, -0.25) is 0 Å². The maximum Gasteiger partial charge on any atom is 0.350 e. The standard InChI is InChI=1S/C13H16N2O2S/c1-5-17-13(16)11-10(14)9-7(3)6(2)8(4)15-12(9)18-11/h5,14H2,1-4H3. The molecule has 2 N–H and O–H groups in total. The zero-order valence-corrected chi connectivity index (χ0v) is 11.8. The zero-order valence-electron chi connectivity index (χ0n) is 11.0. The largest absolute Gasteiger partial charge is 0.462 e. The number of hydrogen-bond acceptors (Lipinski definition) is 5. The molecule has 0 aliphatic rings. The summed E-state index contributed by atoms with van der Waals surface area (Å²) < 4.78 is 5.00. The molecule has 0 bridgehead atoms. The molecule has 2 heterocycles. The van der Waals surface area contributed by atoms with Gasteiger partial charge in [0.05, 0.1) is 12.3 Å². The minimum atomic E-state index is -0.368. The second-order valence-corrected chi connectivity index (χ2v) is 5.19. The first-order valence-corrected chi connectivity index (χ1v) is 6.61. The van der Waals surface area contributed by atoms with E-state index < -0.39 is 0 Å². The fourth-order valence-corrected chi connectivity index (χ4v) is 3.01. The van der Waals surface area contributed by atoms with Gasteiger partial charge in [0.25, 0.3) is 0 Å². The van der Waals surface area contributed by atoms with E-state index in [2.05, 4.69) is 4.98 Å². The lowest BCUT2D eigenvalue weighted by molar-refractivity contribution is 0.0533. The van der Waals surface area contributed by atoms with E-state index in [0.717, 1.165) is 27.0 Å². The Kier molecular flexibility index (Phi) is 3.26. The highest BCUT2D eigenvalue weighted by molar-refractivity contribution is 7.21. The molecule has 0 unspecified atom stereocenters. The minimum absolute atomic E-state index is 0.344. The van der Waals surface area contributed by atoms with E-state index in [1.54, 1.807) is 6.92 Å². The third-order valence-corrected chi connectivity index (χ3v) is 4.22. The molecule has 0 fully saturated rings. The van der Waals surface area contributed by atoms with Crippen molar-refractivity contribution in [3.05, 3.63) is 21.7 Å². The van der Waals surface area contributed by atoms with Crippen molar-refractivity contribution < 1.29 is 9.53 Å². The number of esters is 1. The summed E-state index contributed by atoms with van der Waals surface area (Å²) in [5, 5.41) is 0.881. The predicted octanol–water partition coefficient (Wildman–Crippen LogP) is 2.98. The first kappa shape index (κ1) is 12.8. The van der Waals surface area contributed by atoms with Crippen molar-refractivity contribution in [2.75, 3.05) is 12.3 Å². The monoisotopic (exact) mass is 264 g/mol. The predicted molar refractivity (Wildman–Crippen MR) is 74.2 cm³/mol. The van der Waals surface area contributed by atoms with Crippen LogP contribution in [0.25, 0.3) is 10.2 Å². The molecule has 18 heavy (non-hydrogen) atoms. The van der Waals surface area contributed by atoms with Crippen molar-refractivity contribution in [1.82, 2.24) is 4.98 Å². The van der Waals surface area contributed by atoms with Gasteiger partial charge in [0, 0.05) is 11.1 Å². The van der Waals surface area contributed by atoms with Crippen molar-refractivity contribution in [3.8, 4) is 0 Å². The Morgan fingerprint density at radius 2 is 2.00 bits per heavy atom. The number of nitrogen functional groups attached to an aromatic ring is 1. The molecular formula is C13H16N2O2S. The van der Waals surface area contributed by atoms with Gasteiger partial charge in [0.1, 0.15) is 9.71 Å². The average molecular weight is 264 g/mol. The molecule has 96 valence electrons. The maximum absolute atomic E-state index is 11.8. The molecule has 0 aromatic carbocycles. The summed E-state index contributed by atoms with van der Waals surface area (Å²) in [5.74, 6) is -0.368. The topological polar surface area (TPSA) is 65.2 Å². The highest BCUT2D eigenvalue weighted by Crippen LogP contribution is 2.36. The maximum atomic E-state index is 11.8. The third kappa shape index (κ3) is 1.84. The Labute approximate surface area is 110 Å². The van der Waals surface area contributed by atoms with E-state index in [0.29, 0.717) is 17.2 Å². The quantitative estimate of drug-likeness (QED) is 0.847. The summed E-state index contributed by atoms with van der Waals surface area (Å²) in [7, 11) is 0. The summed E-state index contributed by atoms with van der Waals surface area (Å²) in [6.07, 6.45) is 0. The molecule has 0 aliphatic carbocycles. The van der Waals surface area contributed by atoms with Gasteiger partial charge in [0.15, 0.2) is 0 Å². The van der Waals surface area contributed by atoms with Crippen LogP contribution in [0, 0.1) is 20.8 Å². The molecule has 2 aromatic heterocycles. The third-order valence-electron chi connectivity index (χ3n) is 3.14. The van der Waals surface area contributed by atoms with Crippen LogP contribution in [-0.4, -0.2) is 17.6 Å². The van der Waals surface area contributed by atoms with Crippen LogP contribution in [0.4, 0.5) is 5.69 Å². The number of carbonyl (C=O) groups is 1. The number of hydrogen-bond donors (Lipinski definition) is 1. The molecule has 0 saturated carbocycles. The molecule has 0 atom stereocenters. The van der Waals surface area contributed by atoms with Crippen LogP contribution in [-0.2, 0) is 4.74 Å². The second-order valence-electron chi connectivity index (χ2n) is 4.19. The molecule has 0 radical (unpaired) electrons. The number of ether oxygens (including phenoxy) is 1. The molecule has 0 aliphatic heterocycles. The number of thiophene rings is 1. The molecule has 5 heteroatoms. The molecule has 4 nitrogen and oxygen atoms in total. The number of aromatic nitrogens is 1. The molecular weight excluding hydrogens is 248 g/mol. The number of pyridine rings is 1. The summed E-state index contributed by atoms with van der Waals surface area (Å²) in [5.41, 5.74) is 9.71. The van der Waals surface area contributed by atoms with Crippen molar-refractivity contribution in [2.24, 2.45) is 0 Å². The van der Waals surface area contributed by atoms with Gasteiger partial charge in [-0.25, -0.2) is 9.78 Å². The Morgan fingerprint density at radius 3 is 2.61 bits per heavy atom. The van der Waals surface area contributed by atoms with Crippen molar-refractivity contribution in [2.45, 2.75) is 27.7 Å². The fraction of sp³-hybridized carbons (Fsp3) is 0.385. The Morgan fingerprint density at radius 1 is 1.33 bits per heavy atom. The highest BCUT2D eigenvalue weighted by atomic mass is 32.1. The number of anilines is 1. The lowest BCUT2D eigenvalue weighted by atomic mass is 10.1. The summed E-state index contributed by atoms with van der Waals surface area (Å²) >= 11 is 1.30. The number of rotatable bonds is 2. The molecule has 2 aromatic rings. The molecule has 2 rings (SSSR count). The number of fused-ring (bicyclic) bond motifs is 1. The SMILES string of the molecule is CCOC(=O)c1sc2nc(C)c(C)c(C)c2c1N. The van der Waals surface area contributed by atoms with Crippen LogP contribution >= 0.6 is 11.3 Å². The van der Waals surface area contributed by atoms with Gasteiger partial charge < -0.3 is 10.5 Å². The fourth-order valence-electron chi connectivity index (χ4n) is 1.92. The summed E-state index contributed by atoms with van der Waals surface area (Å²) in [6, 6.07) is 0. The number of nitrogens with zero attached hydrogens (tertiary/aromatic N) is 1. The summed E-state index contributed by atoms with van der Waals surface area (Å²) in [6.45, 7) is 8.10. The number of aryl methyl sites for hydroxylation is 2. The van der Waals surface area contributed by atoms with Gasteiger partial charge in [-0.15, -0.1) is 11.3 Å². The van der Waals surface area contributed by atoms with Crippen molar-refractivity contribution in [3.63, 3.8) is 0 Å². The van der Waals surface area contributed by atoms with Crippen LogP contribution in [0.5, 0.6) is 0 Å². The Bertz CT molecular complexity index is 632. The normalized spacial score (nSPS) is 10.9. The zero-order chi connectivity index (χ0) is 13.4. The van der Waals surface area contributed by atoms with Gasteiger partial charge in [-0.2, -0.15) is 0 Å². The lowest BCUT2D eigenvalue weighted by Gasteiger charge is -2.05. The first-order valence-electron chi connectivity index (χ1n) is 5.80. The highest BCUT2D eigenvalue weighted by Gasteiger charge is 2.20. The average Bonchev–Trinajstić information content (AvgIpc) is 2.64. The van der Waals surface area contributed by atoms with Gasteiger partial charge >= 0.3 is 5.97 Å². The van der Waals surface area contributed by atoms with Gasteiger partial charge in [0.2, 0.25) is 0 Å². The Hall–Kier alpha value is -1.62. The lowest BCUT2D eigenvalue weighted by Crippen LogP contribution is -2.05. The van der Waals surface area contributed by atoms with E-state index in [9.17, 15) is 4.79 Å². The first-order chi connectivity index (χ1) is 8.47. The smallest absolute Gasteiger partial charge is 0.350 e. The van der Waals surface area contributed by atoms with Crippen LogP contribution in [0.3, 0.4) is 0 Å². The second kappa shape index (κ2) is 4.57. The van der Waals surface area contributed by atoms with Crippen LogP contribution in [0.1, 0.15) is 33.4 Å². The van der Waals surface area contributed by atoms with Crippen molar-refractivity contribution >= 4 is 33.2 Å². The van der Waals surface area contributed by atoms with Crippen LogP contribution in [0.2, 0.25) is 0 Å². The van der Waals surface area contributed by atoms with E-state index in [1.807, 2.05) is 20.8 Å². The molecule has 0 spiro atoms. The number of carbonyl (C=O) groups excluding carboxylic acids is 1.